The maximum Gasteiger partial charge on any atom is 0.0752 e. The first-order valence-corrected chi connectivity index (χ1v) is 8.52. The summed E-state index contributed by atoms with van der Waals surface area (Å²) in [5.41, 5.74) is 3.89. The molecule has 0 saturated heterocycles. The van der Waals surface area contributed by atoms with Gasteiger partial charge in [0.2, 0.25) is 0 Å². The molecular weight excluding hydrogens is 428 g/mol. The first kappa shape index (κ1) is 13.8. The van der Waals surface area contributed by atoms with Crippen LogP contribution in [0.25, 0.3) is 0 Å². The standard InChI is InChI=1S/C13H11Br3S/c1-7-6-11(15)8(2)5-9(7)12(16)13-10(14)3-4-17-13/h3-6,12H,1-2H3. The van der Waals surface area contributed by atoms with Gasteiger partial charge >= 0.3 is 0 Å². The molecule has 0 radical (unpaired) electrons. The summed E-state index contributed by atoms with van der Waals surface area (Å²) in [4.78, 5) is 1.57. The fourth-order valence-corrected chi connectivity index (χ4v) is 5.13. The molecule has 1 aromatic heterocycles. The van der Waals surface area contributed by atoms with Crippen LogP contribution >= 0.6 is 59.1 Å². The van der Waals surface area contributed by atoms with Crippen molar-refractivity contribution in [1.82, 2.24) is 0 Å². The Hall–Kier alpha value is 0.360. The summed E-state index contributed by atoms with van der Waals surface area (Å²) in [6.45, 7) is 4.27. The molecule has 0 aliphatic rings. The van der Waals surface area contributed by atoms with E-state index < -0.39 is 0 Å². The SMILES string of the molecule is Cc1cc(C(Br)c2sccc2Br)c(C)cc1Br. The van der Waals surface area contributed by atoms with Crippen molar-refractivity contribution in [3.05, 3.63) is 54.1 Å². The van der Waals surface area contributed by atoms with E-state index >= 15 is 0 Å². The molecule has 0 fully saturated rings. The van der Waals surface area contributed by atoms with Crippen molar-refractivity contribution in [3.8, 4) is 0 Å². The van der Waals surface area contributed by atoms with Crippen LogP contribution < -0.4 is 0 Å². The van der Waals surface area contributed by atoms with E-state index in [1.54, 1.807) is 11.3 Å². The molecule has 1 heterocycles. The summed E-state index contributed by atoms with van der Waals surface area (Å²) < 4.78 is 2.34. The van der Waals surface area contributed by atoms with Crippen LogP contribution in [0.15, 0.2) is 32.5 Å². The number of hydrogen-bond donors (Lipinski definition) is 0. The van der Waals surface area contributed by atoms with Gasteiger partial charge in [-0.15, -0.1) is 11.3 Å². The second kappa shape index (κ2) is 5.55. The summed E-state index contributed by atoms with van der Waals surface area (Å²) in [5, 5.41) is 2.11. The summed E-state index contributed by atoms with van der Waals surface area (Å²) >= 11 is 12.7. The zero-order valence-corrected chi connectivity index (χ0v) is 15.0. The minimum Gasteiger partial charge on any atom is -0.146 e. The summed E-state index contributed by atoms with van der Waals surface area (Å²) in [6, 6.07) is 6.51. The molecule has 0 saturated carbocycles. The molecule has 0 nitrogen and oxygen atoms in total. The van der Waals surface area contributed by atoms with E-state index in [0.29, 0.717) is 0 Å². The zero-order chi connectivity index (χ0) is 12.6. The quantitative estimate of drug-likeness (QED) is 0.477. The Kier molecular flexibility index (Phi) is 4.50. The third-order valence-electron chi connectivity index (χ3n) is 2.70. The highest BCUT2D eigenvalue weighted by Crippen LogP contribution is 2.41. The molecule has 90 valence electrons. The average Bonchev–Trinajstić information content (AvgIpc) is 2.69. The van der Waals surface area contributed by atoms with Gasteiger partial charge in [0.15, 0.2) is 0 Å². The predicted octanol–water partition coefficient (Wildman–Crippen LogP) is 6.37. The van der Waals surface area contributed by atoms with Gasteiger partial charge in [-0.2, -0.15) is 0 Å². The van der Waals surface area contributed by atoms with Crippen LogP contribution in [0.3, 0.4) is 0 Å². The minimum atomic E-state index is 0.253. The largest absolute Gasteiger partial charge is 0.146 e. The molecule has 0 aliphatic carbocycles. The number of benzene rings is 1. The maximum atomic E-state index is 3.80. The molecule has 1 atom stereocenters. The Morgan fingerprint density at radius 3 is 2.35 bits per heavy atom. The maximum absolute atomic E-state index is 3.80. The van der Waals surface area contributed by atoms with Gasteiger partial charge in [-0.25, -0.2) is 0 Å². The normalized spacial score (nSPS) is 12.8. The molecule has 0 N–H and O–H groups in total. The van der Waals surface area contributed by atoms with Gasteiger partial charge < -0.3 is 0 Å². The fourth-order valence-electron chi connectivity index (χ4n) is 1.70. The van der Waals surface area contributed by atoms with E-state index in [-0.39, 0.29) is 4.83 Å². The lowest BCUT2D eigenvalue weighted by molar-refractivity contribution is 1.15. The van der Waals surface area contributed by atoms with Gasteiger partial charge in [-0.3, -0.25) is 0 Å². The van der Waals surface area contributed by atoms with Crippen molar-refractivity contribution in [2.45, 2.75) is 18.7 Å². The summed E-state index contributed by atoms with van der Waals surface area (Å²) in [5.74, 6) is 0. The van der Waals surface area contributed by atoms with E-state index in [9.17, 15) is 0 Å². The number of rotatable bonds is 2. The van der Waals surface area contributed by atoms with Crippen LogP contribution in [-0.4, -0.2) is 0 Å². The van der Waals surface area contributed by atoms with E-state index in [1.165, 1.54) is 30.5 Å². The van der Waals surface area contributed by atoms with Crippen molar-refractivity contribution >= 4 is 59.1 Å². The van der Waals surface area contributed by atoms with Crippen LogP contribution in [0.5, 0.6) is 0 Å². The molecule has 2 rings (SSSR count). The molecule has 0 bridgehead atoms. The Bertz CT molecular complexity index is 546. The van der Waals surface area contributed by atoms with Crippen LogP contribution in [0.2, 0.25) is 0 Å². The Labute approximate surface area is 131 Å². The fraction of sp³-hybridized carbons (Fsp3) is 0.231. The lowest BCUT2D eigenvalue weighted by atomic mass is 10.0. The van der Waals surface area contributed by atoms with Gasteiger partial charge in [0.25, 0.3) is 0 Å². The molecule has 2 aromatic rings. The monoisotopic (exact) mass is 436 g/mol. The van der Waals surface area contributed by atoms with E-state index in [0.717, 1.165) is 0 Å². The summed E-state index contributed by atoms with van der Waals surface area (Å²) in [6.07, 6.45) is 0. The average molecular weight is 439 g/mol. The van der Waals surface area contributed by atoms with E-state index in [2.05, 4.69) is 85.2 Å². The first-order chi connectivity index (χ1) is 8.00. The lowest BCUT2D eigenvalue weighted by Crippen LogP contribution is -1.96. The van der Waals surface area contributed by atoms with Gasteiger partial charge in [-0.05, 0) is 64.0 Å². The smallest absolute Gasteiger partial charge is 0.0752 e. The Balaban J connectivity index is 2.48. The molecule has 0 spiro atoms. The second-order valence-corrected chi connectivity index (χ2v) is 7.53. The number of halogens is 3. The van der Waals surface area contributed by atoms with Crippen molar-refractivity contribution in [2.75, 3.05) is 0 Å². The molecular formula is C13H11Br3S. The van der Waals surface area contributed by atoms with Crippen molar-refractivity contribution in [1.29, 1.82) is 0 Å². The van der Waals surface area contributed by atoms with Crippen LogP contribution in [-0.2, 0) is 0 Å². The molecule has 0 amide bonds. The molecule has 17 heavy (non-hydrogen) atoms. The van der Waals surface area contributed by atoms with Gasteiger partial charge in [0.05, 0.1) is 4.83 Å². The van der Waals surface area contributed by atoms with Crippen LogP contribution in [0.1, 0.15) is 26.4 Å². The van der Waals surface area contributed by atoms with Crippen molar-refractivity contribution in [3.63, 3.8) is 0 Å². The van der Waals surface area contributed by atoms with Gasteiger partial charge in [0, 0.05) is 13.8 Å². The third-order valence-corrected chi connectivity index (χ3v) is 6.74. The van der Waals surface area contributed by atoms with E-state index in [1.807, 2.05) is 0 Å². The number of hydrogen-bond acceptors (Lipinski definition) is 1. The molecule has 4 heteroatoms. The first-order valence-electron chi connectivity index (χ1n) is 5.14. The van der Waals surface area contributed by atoms with Gasteiger partial charge in [0.1, 0.15) is 0 Å². The van der Waals surface area contributed by atoms with Crippen molar-refractivity contribution in [2.24, 2.45) is 0 Å². The third kappa shape index (κ3) is 2.86. The highest BCUT2D eigenvalue weighted by atomic mass is 79.9. The van der Waals surface area contributed by atoms with Crippen LogP contribution in [0, 0.1) is 13.8 Å². The number of alkyl halides is 1. The Morgan fingerprint density at radius 2 is 1.76 bits per heavy atom. The molecule has 0 aliphatic heterocycles. The highest BCUT2D eigenvalue weighted by molar-refractivity contribution is 9.11. The number of thiophene rings is 1. The van der Waals surface area contributed by atoms with E-state index in [4.69, 9.17) is 0 Å². The van der Waals surface area contributed by atoms with Gasteiger partial charge in [-0.1, -0.05) is 37.9 Å². The topological polar surface area (TPSA) is 0 Å². The Morgan fingerprint density at radius 1 is 1.06 bits per heavy atom. The van der Waals surface area contributed by atoms with Crippen molar-refractivity contribution < 1.29 is 0 Å². The molecule has 1 unspecified atom stereocenters. The van der Waals surface area contributed by atoms with Crippen LogP contribution in [0.4, 0.5) is 0 Å². The minimum absolute atomic E-state index is 0.253. The predicted molar refractivity (Wildman–Crippen MR) is 86.4 cm³/mol. The summed E-state index contributed by atoms with van der Waals surface area (Å²) in [7, 11) is 0. The zero-order valence-electron chi connectivity index (χ0n) is 9.43. The lowest BCUT2D eigenvalue weighted by Gasteiger charge is -2.14. The second-order valence-electron chi connectivity index (χ2n) is 3.95. The number of aryl methyl sites for hydroxylation is 2. The highest BCUT2D eigenvalue weighted by Gasteiger charge is 2.17. The molecule has 1 aromatic carbocycles.